The SMILES string of the molecule is COc1ccc(C(C)NNC(=O)c2ccccc2)cc1OC. The molecule has 0 aliphatic carbocycles. The van der Waals surface area contributed by atoms with Crippen molar-refractivity contribution in [3.8, 4) is 11.5 Å². The lowest BCUT2D eigenvalue weighted by Gasteiger charge is -2.17. The molecule has 1 amide bonds. The molecule has 5 heteroatoms. The summed E-state index contributed by atoms with van der Waals surface area (Å²) in [5, 5.41) is 0. The number of hydrogen-bond donors (Lipinski definition) is 2. The first-order chi connectivity index (χ1) is 10.7. The Morgan fingerprint density at radius 2 is 1.68 bits per heavy atom. The van der Waals surface area contributed by atoms with E-state index in [2.05, 4.69) is 10.9 Å². The Balaban J connectivity index is 2.00. The van der Waals surface area contributed by atoms with E-state index in [4.69, 9.17) is 9.47 Å². The molecular formula is C17H20N2O3. The topological polar surface area (TPSA) is 59.6 Å². The molecule has 22 heavy (non-hydrogen) atoms. The van der Waals surface area contributed by atoms with Crippen molar-refractivity contribution in [3.05, 3.63) is 59.7 Å². The molecule has 0 aromatic heterocycles. The van der Waals surface area contributed by atoms with E-state index in [9.17, 15) is 4.79 Å². The highest BCUT2D eigenvalue weighted by Gasteiger charge is 2.11. The molecule has 2 N–H and O–H groups in total. The summed E-state index contributed by atoms with van der Waals surface area (Å²) < 4.78 is 10.5. The lowest BCUT2D eigenvalue weighted by molar-refractivity contribution is 0.0926. The van der Waals surface area contributed by atoms with Crippen molar-refractivity contribution >= 4 is 5.91 Å². The second-order valence-corrected chi connectivity index (χ2v) is 4.80. The maximum absolute atomic E-state index is 12.0. The summed E-state index contributed by atoms with van der Waals surface area (Å²) >= 11 is 0. The number of ether oxygens (including phenoxy) is 2. The van der Waals surface area contributed by atoms with E-state index in [0.29, 0.717) is 17.1 Å². The fourth-order valence-corrected chi connectivity index (χ4v) is 2.04. The van der Waals surface area contributed by atoms with Crippen LogP contribution in [0.3, 0.4) is 0 Å². The van der Waals surface area contributed by atoms with Gasteiger partial charge in [-0.1, -0.05) is 24.3 Å². The predicted molar refractivity (Wildman–Crippen MR) is 85.0 cm³/mol. The van der Waals surface area contributed by atoms with Crippen molar-refractivity contribution in [2.75, 3.05) is 14.2 Å². The lowest BCUT2D eigenvalue weighted by Crippen LogP contribution is -2.39. The summed E-state index contributed by atoms with van der Waals surface area (Å²) in [5.41, 5.74) is 7.28. The molecule has 5 nitrogen and oxygen atoms in total. The van der Waals surface area contributed by atoms with E-state index in [-0.39, 0.29) is 11.9 Å². The van der Waals surface area contributed by atoms with Gasteiger partial charge in [0.05, 0.1) is 14.2 Å². The summed E-state index contributed by atoms with van der Waals surface area (Å²) in [6, 6.07) is 14.6. The zero-order valence-electron chi connectivity index (χ0n) is 12.9. The molecule has 0 fully saturated rings. The number of carbonyl (C=O) groups excluding carboxylic acids is 1. The number of nitrogens with one attached hydrogen (secondary N) is 2. The zero-order chi connectivity index (χ0) is 15.9. The number of benzene rings is 2. The van der Waals surface area contributed by atoms with Gasteiger partial charge in [-0.15, -0.1) is 0 Å². The van der Waals surface area contributed by atoms with Gasteiger partial charge in [-0.2, -0.15) is 0 Å². The molecule has 1 atom stereocenters. The van der Waals surface area contributed by atoms with Crippen LogP contribution in [-0.2, 0) is 0 Å². The van der Waals surface area contributed by atoms with Crippen molar-refractivity contribution < 1.29 is 14.3 Å². The van der Waals surface area contributed by atoms with Gasteiger partial charge in [-0.05, 0) is 36.8 Å². The maximum atomic E-state index is 12.0. The van der Waals surface area contributed by atoms with Crippen LogP contribution in [0.5, 0.6) is 11.5 Å². The molecule has 2 aromatic rings. The molecule has 0 aliphatic heterocycles. The van der Waals surface area contributed by atoms with Crippen LogP contribution in [0.4, 0.5) is 0 Å². The number of carbonyl (C=O) groups is 1. The molecule has 116 valence electrons. The fraction of sp³-hybridized carbons (Fsp3) is 0.235. The van der Waals surface area contributed by atoms with Crippen LogP contribution < -0.4 is 20.3 Å². The Morgan fingerprint density at radius 1 is 1.00 bits per heavy atom. The van der Waals surface area contributed by atoms with Gasteiger partial charge in [0.15, 0.2) is 11.5 Å². The average Bonchev–Trinajstić information content (AvgIpc) is 2.59. The molecule has 2 aromatic carbocycles. The number of methoxy groups -OCH3 is 2. The quantitative estimate of drug-likeness (QED) is 0.805. The third-order valence-corrected chi connectivity index (χ3v) is 3.35. The third-order valence-electron chi connectivity index (χ3n) is 3.35. The highest BCUT2D eigenvalue weighted by atomic mass is 16.5. The van der Waals surface area contributed by atoms with Gasteiger partial charge in [-0.3, -0.25) is 10.2 Å². The number of amides is 1. The first-order valence-electron chi connectivity index (χ1n) is 6.98. The van der Waals surface area contributed by atoms with Gasteiger partial charge >= 0.3 is 0 Å². The summed E-state index contributed by atoms with van der Waals surface area (Å²) in [5.74, 6) is 1.16. The largest absolute Gasteiger partial charge is 0.493 e. The molecule has 0 aliphatic rings. The summed E-state index contributed by atoms with van der Waals surface area (Å²) in [6.45, 7) is 1.95. The zero-order valence-corrected chi connectivity index (χ0v) is 12.9. The maximum Gasteiger partial charge on any atom is 0.265 e. The van der Waals surface area contributed by atoms with Crippen LogP contribution in [0.15, 0.2) is 48.5 Å². The summed E-state index contributed by atoms with van der Waals surface area (Å²) in [7, 11) is 3.19. The van der Waals surface area contributed by atoms with Crippen LogP contribution in [0.1, 0.15) is 28.9 Å². The van der Waals surface area contributed by atoms with Crippen molar-refractivity contribution in [1.29, 1.82) is 0 Å². The van der Waals surface area contributed by atoms with Crippen molar-refractivity contribution in [1.82, 2.24) is 10.9 Å². The minimum absolute atomic E-state index is 0.0764. The minimum Gasteiger partial charge on any atom is -0.493 e. The Hall–Kier alpha value is -2.53. The molecule has 2 rings (SSSR count). The predicted octanol–water partition coefficient (Wildman–Crippen LogP) is 2.70. The van der Waals surface area contributed by atoms with Crippen LogP contribution in [0.2, 0.25) is 0 Å². The van der Waals surface area contributed by atoms with Gasteiger partial charge in [0, 0.05) is 11.6 Å². The fourth-order valence-electron chi connectivity index (χ4n) is 2.04. The van der Waals surface area contributed by atoms with Crippen LogP contribution in [0.25, 0.3) is 0 Å². The van der Waals surface area contributed by atoms with E-state index in [1.165, 1.54) is 0 Å². The molecule has 0 heterocycles. The van der Waals surface area contributed by atoms with Crippen LogP contribution in [0, 0.1) is 0 Å². The van der Waals surface area contributed by atoms with E-state index < -0.39 is 0 Å². The average molecular weight is 300 g/mol. The molecule has 1 unspecified atom stereocenters. The van der Waals surface area contributed by atoms with Crippen LogP contribution >= 0.6 is 0 Å². The van der Waals surface area contributed by atoms with Crippen molar-refractivity contribution in [3.63, 3.8) is 0 Å². The third kappa shape index (κ3) is 3.77. The number of rotatable bonds is 6. The van der Waals surface area contributed by atoms with Gasteiger partial charge < -0.3 is 9.47 Å². The summed E-state index contributed by atoms with van der Waals surface area (Å²) in [4.78, 5) is 12.0. The second-order valence-electron chi connectivity index (χ2n) is 4.80. The van der Waals surface area contributed by atoms with Gasteiger partial charge in [-0.25, -0.2) is 5.43 Å². The number of hydrogen-bond acceptors (Lipinski definition) is 4. The van der Waals surface area contributed by atoms with Crippen LogP contribution in [-0.4, -0.2) is 20.1 Å². The highest BCUT2D eigenvalue weighted by Crippen LogP contribution is 2.29. The highest BCUT2D eigenvalue weighted by molar-refractivity contribution is 5.93. The van der Waals surface area contributed by atoms with Gasteiger partial charge in [0.1, 0.15) is 0 Å². The Bertz CT molecular complexity index is 629. The first-order valence-corrected chi connectivity index (χ1v) is 6.98. The molecule has 0 spiro atoms. The Morgan fingerprint density at radius 3 is 2.32 bits per heavy atom. The molecule has 0 radical (unpaired) electrons. The van der Waals surface area contributed by atoms with Crippen molar-refractivity contribution in [2.24, 2.45) is 0 Å². The van der Waals surface area contributed by atoms with Gasteiger partial charge in [0.2, 0.25) is 0 Å². The number of hydrazine groups is 1. The van der Waals surface area contributed by atoms with Crippen molar-refractivity contribution in [2.45, 2.75) is 13.0 Å². The monoisotopic (exact) mass is 300 g/mol. The molecular weight excluding hydrogens is 280 g/mol. The molecule has 0 bridgehead atoms. The van der Waals surface area contributed by atoms with Gasteiger partial charge in [0.25, 0.3) is 5.91 Å². The summed E-state index contributed by atoms with van der Waals surface area (Å²) in [6.07, 6.45) is 0. The molecule has 0 saturated heterocycles. The smallest absolute Gasteiger partial charge is 0.265 e. The first kappa shape index (κ1) is 15.9. The minimum atomic E-state index is -0.173. The standard InChI is InChI=1S/C17H20N2O3/c1-12(14-9-10-15(21-2)16(11-14)22-3)18-19-17(20)13-7-5-4-6-8-13/h4-12,18H,1-3H3,(H,19,20). The van der Waals surface area contributed by atoms with E-state index in [0.717, 1.165) is 5.56 Å². The van der Waals surface area contributed by atoms with E-state index in [1.807, 2.05) is 43.3 Å². The van der Waals surface area contributed by atoms with E-state index >= 15 is 0 Å². The lowest BCUT2D eigenvalue weighted by atomic mass is 10.1. The normalized spacial score (nSPS) is 11.6. The molecule has 0 saturated carbocycles. The van der Waals surface area contributed by atoms with E-state index in [1.54, 1.807) is 26.4 Å². The Kier molecular flexibility index (Phi) is 5.38. The second kappa shape index (κ2) is 7.47. The Labute approximate surface area is 130 Å².